The molecule has 1 unspecified atom stereocenters. The molecule has 1 aromatic rings. The number of nitrogens with zero attached hydrogens (tertiary/aromatic N) is 1. The van der Waals surface area contributed by atoms with Gasteiger partial charge in [0.1, 0.15) is 5.75 Å². The minimum Gasteiger partial charge on any atom is -0.497 e. The monoisotopic (exact) mass is 366 g/mol. The van der Waals surface area contributed by atoms with Gasteiger partial charge in [0.15, 0.2) is 0 Å². The van der Waals surface area contributed by atoms with Gasteiger partial charge in [0.05, 0.1) is 13.2 Å². The Kier molecular flexibility index (Phi) is 4.68. The van der Waals surface area contributed by atoms with E-state index in [2.05, 4.69) is 25.0 Å². The first kappa shape index (κ1) is 18.4. The van der Waals surface area contributed by atoms with E-state index in [9.17, 15) is 4.79 Å². The van der Waals surface area contributed by atoms with Crippen LogP contribution in [0.4, 0.5) is 0 Å². The molecule has 4 nitrogen and oxygen atoms in total. The molecule has 4 aliphatic rings. The topological polar surface area (TPSA) is 55.6 Å². The van der Waals surface area contributed by atoms with Crippen LogP contribution in [0.3, 0.4) is 0 Å². The van der Waals surface area contributed by atoms with Crippen LogP contribution in [0, 0.1) is 24.2 Å². The molecule has 3 aliphatic carbocycles. The van der Waals surface area contributed by atoms with Crippen molar-refractivity contribution in [2.45, 2.75) is 69.5 Å². The number of amides is 1. The maximum atomic E-state index is 12.9. The molecule has 3 saturated carbocycles. The Labute approximate surface area is 162 Å². The van der Waals surface area contributed by atoms with Crippen LogP contribution in [0.2, 0.25) is 0 Å². The second kappa shape index (κ2) is 6.87. The Morgan fingerprint density at radius 2 is 2.19 bits per heavy atom. The lowest BCUT2D eigenvalue weighted by Gasteiger charge is -2.46. The third kappa shape index (κ3) is 3.02. The van der Waals surface area contributed by atoms with Gasteiger partial charge in [-0.15, -0.1) is 6.42 Å². The standard InChI is InChI=1S/C23H30N2O2/c1-4-6-7-17-10-15-11-18(27-3)8-9-19(15)22(25(17)21(26)5-2)20-14-23(24)12-16(20)13-23/h2,8-9,11,16-17,20,22H,4,6-7,10,12-14,24H2,1,3H3/t16?,17-,20?,22+,23?/m0/s1. The Hall–Kier alpha value is -1.99. The first-order valence-corrected chi connectivity index (χ1v) is 10.2. The molecular weight excluding hydrogens is 336 g/mol. The number of carbonyl (C=O) groups is 1. The Balaban J connectivity index is 1.77. The van der Waals surface area contributed by atoms with Crippen molar-refractivity contribution in [1.29, 1.82) is 0 Å². The van der Waals surface area contributed by atoms with Crippen LogP contribution in [0.1, 0.15) is 62.6 Å². The number of methoxy groups -OCH3 is 1. The second-order valence-corrected chi connectivity index (χ2v) is 8.77. The summed E-state index contributed by atoms with van der Waals surface area (Å²) in [7, 11) is 1.70. The van der Waals surface area contributed by atoms with Gasteiger partial charge in [-0.1, -0.05) is 25.8 Å². The van der Waals surface area contributed by atoms with Crippen molar-refractivity contribution in [3.05, 3.63) is 29.3 Å². The highest BCUT2D eigenvalue weighted by Gasteiger charge is 2.58. The van der Waals surface area contributed by atoms with E-state index in [1.54, 1.807) is 7.11 Å². The van der Waals surface area contributed by atoms with Gasteiger partial charge in [0.25, 0.3) is 5.91 Å². The number of benzene rings is 1. The van der Waals surface area contributed by atoms with Crippen molar-refractivity contribution in [2.24, 2.45) is 17.6 Å². The first-order valence-electron chi connectivity index (χ1n) is 10.2. The molecule has 144 valence electrons. The zero-order valence-corrected chi connectivity index (χ0v) is 16.4. The third-order valence-electron chi connectivity index (χ3n) is 7.06. The lowest BCUT2D eigenvalue weighted by Crippen LogP contribution is -2.49. The molecule has 2 bridgehead atoms. The Morgan fingerprint density at radius 3 is 2.78 bits per heavy atom. The summed E-state index contributed by atoms with van der Waals surface area (Å²) < 4.78 is 5.47. The number of nitrogens with two attached hydrogens (primary N) is 1. The SMILES string of the molecule is C#CC(=O)N1[C@@H](CCCC)Cc2cc(OC)ccc2[C@@H]1C1CC2(N)CC1C2. The van der Waals surface area contributed by atoms with E-state index < -0.39 is 0 Å². The number of unbranched alkanes of at least 4 members (excludes halogenated alkanes) is 1. The van der Waals surface area contributed by atoms with Crippen LogP contribution in [-0.2, 0) is 11.2 Å². The number of fused-ring (bicyclic) bond motifs is 2. The molecule has 2 N–H and O–H groups in total. The molecule has 1 heterocycles. The number of rotatable bonds is 5. The van der Waals surface area contributed by atoms with Gasteiger partial charge in [-0.05, 0) is 73.1 Å². The van der Waals surface area contributed by atoms with Crippen molar-refractivity contribution in [3.63, 3.8) is 0 Å². The van der Waals surface area contributed by atoms with Gasteiger partial charge >= 0.3 is 0 Å². The molecule has 5 rings (SSSR count). The average molecular weight is 367 g/mol. The summed E-state index contributed by atoms with van der Waals surface area (Å²) in [5.74, 6) is 4.14. The smallest absolute Gasteiger partial charge is 0.298 e. The molecule has 1 aromatic carbocycles. The largest absolute Gasteiger partial charge is 0.497 e. The summed E-state index contributed by atoms with van der Waals surface area (Å²) >= 11 is 0. The Morgan fingerprint density at radius 1 is 1.41 bits per heavy atom. The van der Waals surface area contributed by atoms with Gasteiger partial charge in [-0.25, -0.2) is 0 Å². The maximum Gasteiger partial charge on any atom is 0.298 e. The molecule has 0 saturated heterocycles. The summed E-state index contributed by atoms with van der Waals surface area (Å²) in [6.07, 6.45) is 12.8. The number of terminal acetylenes is 1. The van der Waals surface area contributed by atoms with E-state index >= 15 is 0 Å². The minimum absolute atomic E-state index is 0.0246. The van der Waals surface area contributed by atoms with Crippen molar-refractivity contribution in [1.82, 2.24) is 4.90 Å². The zero-order valence-electron chi connectivity index (χ0n) is 16.4. The van der Waals surface area contributed by atoms with Gasteiger partial charge in [0, 0.05) is 11.6 Å². The predicted molar refractivity (Wildman–Crippen MR) is 106 cm³/mol. The molecule has 0 aromatic heterocycles. The van der Waals surface area contributed by atoms with Gasteiger partial charge in [-0.3, -0.25) is 4.79 Å². The fourth-order valence-corrected chi connectivity index (χ4v) is 5.85. The van der Waals surface area contributed by atoms with Gasteiger partial charge < -0.3 is 15.4 Å². The van der Waals surface area contributed by atoms with Crippen LogP contribution in [0.5, 0.6) is 5.75 Å². The highest BCUT2D eigenvalue weighted by molar-refractivity contribution is 5.93. The lowest BCUT2D eigenvalue weighted by molar-refractivity contribution is -0.133. The molecule has 1 aliphatic heterocycles. The molecule has 0 radical (unpaired) electrons. The zero-order chi connectivity index (χ0) is 19.2. The highest BCUT2D eigenvalue weighted by Crippen LogP contribution is 2.60. The highest BCUT2D eigenvalue weighted by atomic mass is 16.5. The molecule has 3 fully saturated rings. The minimum atomic E-state index is -0.169. The van der Waals surface area contributed by atoms with Crippen molar-refractivity contribution in [2.75, 3.05) is 7.11 Å². The fraction of sp³-hybridized carbons (Fsp3) is 0.609. The number of carbonyl (C=O) groups excluding carboxylic acids is 1. The maximum absolute atomic E-state index is 12.9. The van der Waals surface area contributed by atoms with E-state index in [1.165, 1.54) is 11.1 Å². The molecule has 1 amide bonds. The van der Waals surface area contributed by atoms with E-state index in [-0.39, 0.29) is 23.5 Å². The summed E-state index contributed by atoms with van der Waals surface area (Å²) in [4.78, 5) is 14.9. The normalized spacial score (nSPS) is 33.8. The third-order valence-corrected chi connectivity index (χ3v) is 7.06. The molecule has 0 spiro atoms. The van der Waals surface area contributed by atoms with E-state index in [0.717, 1.165) is 50.7 Å². The molecular formula is C23H30N2O2. The molecule has 27 heavy (non-hydrogen) atoms. The van der Waals surface area contributed by atoms with Gasteiger partial charge in [0.2, 0.25) is 0 Å². The first-order chi connectivity index (χ1) is 13.0. The van der Waals surface area contributed by atoms with Crippen molar-refractivity contribution < 1.29 is 9.53 Å². The summed E-state index contributed by atoms with van der Waals surface area (Å²) in [5.41, 5.74) is 9.03. The second-order valence-electron chi connectivity index (χ2n) is 8.77. The summed E-state index contributed by atoms with van der Waals surface area (Å²) in [6.45, 7) is 2.19. The van der Waals surface area contributed by atoms with Crippen LogP contribution < -0.4 is 10.5 Å². The van der Waals surface area contributed by atoms with Crippen molar-refractivity contribution >= 4 is 5.91 Å². The number of hydrogen-bond donors (Lipinski definition) is 1. The van der Waals surface area contributed by atoms with Crippen molar-refractivity contribution in [3.8, 4) is 18.1 Å². The summed E-state index contributed by atoms with van der Waals surface area (Å²) in [6, 6.07) is 6.50. The van der Waals surface area contributed by atoms with Crippen LogP contribution >= 0.6 is 0 Å². The van der Waals surface area contributed by atoms with Crippen LogP contribution in [0.25, 0.3) is 0 Å². The average Bonchev–Trinajstić information content (AvgIpc) is 3.16. The van der Waals surface area contributed by atoms with E-state index in [4.69, 9.17) is 16.9 Å². The van der Waals surface area contributed by atoms with Crippen LogP contribution in [0.15, 0.2) is 18.2 Å². The number of hydrogen-bond acceptors (Lipinski definition) is 3. The molecule has 3 atom stereocenters. The predicted octanol–water partition coefficient (Wildman–Crippen LogP) is 3.44. The quantitative estimate of drug-likeness (QED) is 0.812. The lowest BCUT2D eigenvalue weighted by atomic mass is 9.73. The number of ether oxygens (including phenoxy) is 1. The van der Waals surface area contributed by atoms with E-state index in [1.807, 2.05) is 11.0 Å². The molecule has 4 heteroatoms. The van der Waals surface area contributed by atoms with E-state index in [0.29, 0.717) is 11.8 Å². The fourth-order valence-electron chi connectivity index (χ4n) is 5.85. The summed E-state index contributed by atoms with van der Waals surface area (Å²) in [5, 5.41) is 0. The van der Waals surface area contributed by atoms with Gasteiger partial charge in [-0.2, -0.15) is 0 Å². The Bertz CT molecular complexity index is 775. The van der Waals surface area contributed by atoms with Crippen LogP contribution in [-0.4, -0.2) is 29.5 Å².